The number of benzene rings is 1. The number of hydrogen-bond donors (Lipinski definition) is 3. The average Bonchev–Trinajstić information content (AvgIpc) is 3.06. The lowest BCUT2D eigenvalue weighted by Gasteiger charge is -2.44. The van der Waals surface area contributed by atoms with Crippen LogP contribution in [0.4, 0.5) is 5.95 Å². The average molecular weight is 440 g/mol. The van der Waals surface area contributed by atoms with Crippen molar-refractivity contribution in [1.29, 1.82) is 0 Å². The number of aromatic nitrogens is 4. The monoisotopic (exact) mass is 439 g/mol. The molecule has 0 spiro atoms. The number of nitrogens with zero attached hydrogens (tertiary/aromatic N) is 4. The zero-order valence-corrected chi connectivity index (χ0v) is 16.8. The van der Waals surface area contributed by atoms with Crippen molar-refractivity contribution in [2.45, 2.75) is 12.5 Å². The lowest BCUT2D eigenvalue weighted by atomic mass is 9.70. The quantitative estimate of drug-likeness (QED) is 0.472. The Hall–Kier alpha value is -2.23. The summed E-state index contributed by atoms with van der Waals surface area (Å²) in [7, 11) is -4.35. The molecule has 2 aromatic heterocycles. The molecule has 4 rings (SSSR count). The molecule has 1 aliphatic rings. The summed E-state index contributed by atoms with van der Waals surface area (Å²) in [6, 6.07) is 5.90. The molecule has 2 heterocycles. The van der Waals surface area contributed by atoms with Crippen LogP contribution in [-0.2, 0) is 9.09 Å². The van der Waals surface area contributed by atoms with Crippen molar-refractivity contribution < 1.29 is 23.6 Å². The maximum Gasteiger partial charge on any atom is 0.527 e. The second-order valence-corrected chi connectivity index (χ2v) is 8.62. The van der Waals surface area contributed by atoms with Crippen LogP contribution in [0.3, 0.4) is 0 Å². The number of phosphoric acid groups is 1. The zero-order chi connectivity index (χ0) is 20.6. The summed E-state index contributed by atoms with van der Waals surface area (Å²) >= 11 is 5.79. The Bertz CT molecular complexity index is 1060. The first kappa shape index (κ1) is 20.1. The van der Waals surface area contributed by atoms with Crippen LogP contribution >= 0.6 is 19.4 Å². The summed E-state index contributed by atoms with van der Waals surface area (Å²) in [6.45, 7) is -0.153. The molecule has 1 aliphatic carbocycles. The first-order chi connectivity index (χ1) is 13.9. The number of rotatable bonds is 7. The minimum Gasteiger partial charge on any atom is -0.404 e. The number of imidazole rings is 1. The van der Waals surface area contributed by atoms with Crippen LogP contribution in [0.1, 0.15) is 12.5 Å². The predicted octanol–water partition coefficient (Wildman–Crippen LogP) is 2.43. The van der Waals surface area contributed by atoms with Gasteiger partial charge in [0, 0.05) is 23.6 Å². The predicted molar refractivity (Wildman–Crippen MR) is 105 cm³/mol. The molecule has 1 unspecified atom stereocenters. The molecule has 0 radical (unpaired) electrons. The highest BCUT2D eigenvalue weighted by Crippen LogP contribution is 2.50. The highest BCUT2D eigenvalue weighted by atomic mass is 35.5. The molecule has 10 nitrogen and oxygen atoms in total. The maximum absolute atomic E-state index is 12.3. The van der Waals surface area contributed by atoms with Crippen LogP contribution in [-0.4, -0.2) is 42.7 Å². The van der Waals surface area contributed by atoms with Gasteiger partial charge in [0.25, 0.3) is 0 Å². The SMILES string of the molecule is Nc1ncc2ncn([C@@H]3C[C@H](CO)[C@H]3COP(=O)(O)Oc3ccc(Cl)cc3)c2n1. The van der Waals surface area contributed by atoms with E-state index in [2.05, 4.69) is 15.0 Å². The van der Waals surface area contributed by atoms with Crippen LogP contribution < -0.4 is 10.3 Å². The molecule has 4 N–H and O–H groups in total. The lowest BCUT2D eigenvalue weighted by molar-refractivity contribution is -0.00476. The molecule has 1 saturated carbocycles. The van der Waals surface area contributed by atoms with Gasteiger partial charge in [-0.2, -0.15) is 4.98 Å². The zero-order valence-electron chi connectivity index (χ0n) is 15.1. The summed E-state index contributed by atoms with van der Waals surface area (Å²) < 4.78 is 24.4. The number of phosphoric ester groups is 1. The van der Waals surface area contributed by atoms with Crippen molar-refractivity contribution in [3.8, 4) is 5.75 Å². The van der Waals surface area contributed by atoms with Gasteiger partial charge in [0.1, 0.15) is 11.3 Å². The normalized spacial score (nSPS) is 23.5. The number of aliphatic hydroxyl groups excluding tert-OH is 1. The second kappa shape index (κ2) is 7.89. The van der Waals surface area contributed by atoms with E-state index in [0.29, 0.717) is 22.6 Å². The van der Waals surface area contributed by atoms with Crippen molar-refractivity contribution in [2.24, 2.45) is 11.8 Å². The third kappa shape index (κ3) is 4.22. The van der Waals surface area contributed by atoms with Crippen LogP contribution in [0, 0.1) is 11.8 Å². The first-order valence-corrected chi connectivity index (χ1v) is 10.7. The third-order valence-electron chi connectivity index (χ3n) is 5.03. The summed E-state index contributed by atoms with van der Waals surface area (Å²) in [6.07, 6.45) is 3.80. The summed E-state index contributed by atoms with van der Waals surface area (Å²) in [4.78, 5) is 22.4. The van der Waals surface area contributed by atoms with E-state index in [1.54, 1.807) is 18.5 Å². The molecule has 29 heavy (non-hydrogen) atoms. The lowest BCUT2D eigenvalue weighted by Crippen LogP contribution is -2.43. The number of nitrogen functional groups attached to an aromatic ring is 1. The minimum absolute atomic E-state index is 0.0674. The van der Waals surface area contributed by atoms with E-state index in [1.165, 1.54) is 18.3 Å². The van der Waals surface area contributed by atoms with Gasteiger partial charge in [0.15, 0.2) is 5.65 Å². The van der Waals surface area contributed by atoms with Crippen molar-refractivity contribution in [3.05, 3.63) is 41.8 Å². The minimum atomic E-state index is -4.35. The Morgan fingerprint density at radius 1 is 1.31 bits per heavy atom. The molecule has 3 aromatic rings. The molecule has 154 valence electrons. The van der Waals surface area contributed by atoms with E-state index in [9.17, 15) is 14.6 Å². The standard InChI is InChI=1S/C17H19ClN5O5P/c18-11-1-3-12(4-2-11)28-29(25,26)27-8-13-10(7-24)5-15(13)23-9-21-14-6-20-17(19)22-16(14)23/h1-4,6,9-10,13,15,24H,5,7-8H2,(H,25,26)(H2,19,20,22)/t10-,13-,15-/m1/s1. The van der Waals surface area contributed by atoms with E-state index in [-0.39, 0.29) is 42.8 Å². The van der Waals surface area contributed by atoms with E-state index >= 15 is 0 Å². The Labute approximate surface area is 170 Å². The number of nitrogens with two attached hydrogens (primary N) is 1. The molecular formula is C17H19ClN5O5P. The van der Waals surface area contributed by atoms with E-state index in [0.717, 1.165) is 0 Å². The van der Waals surface area contributed by atoms with Crippen LogP contribution in [0.15, 0.2) is 36.8 Å². The van der Waals surface area contributed by atoms with Crippen molar-refractivity contribution in [2.75, 3.05) is 18.9 Å². The molecule has 0 saturated heterocycles. The molecule has 1 fully saturated rings. The topological polar surface area (TPSA) is 146 Å². The Morgan fingerprint density at radius 2 is 2.07 bits per heavy atom. The van der Waals surface area contributed by atoms with Gasteiger partial charge in [-0.3, -0.25) is 9.42 Å². The highest BCUT2D eigenvalue weighted by molar-refractivity contribution is 7.47. The fourth-order valence-electron chi connectivity index (χ4n) is 3.47. The van der Waals surface area contributed by atoms with Gasteiger partial charge < -0.3 is 19.9 Å². The van der Waals surface area contributed by atoms with Crippen LogP contribution in [0.25, 0.3) is 11.2 Å². The van der Waals surface area contributed by atoms with Gasteiger partial charge in [0.2, 0.25) is 5.95 Å². The molecular weight excluding hydrogens is 421 g/mol. The summed E-state index contributed by atoms with van der Waals surface area (Å²) in [5.41, 5.74) is 6.83. The van der Waals surface area contributed by atoms with E-state index < -0.39 is 7.82 Å². The van der Waals surface area contributed by atoms with Gasteiger partial charge >= 0.3 is 7.82 Å². The van der Waals surface area contributed by atoms with Crippen LogP contribution in [0.5, 0.6) is 5.75 Å². The highest BCUT2D eigenvalue weighted by Gasteiger charge is 2.44. The summed E-state index contributed by atoms with van der Waals surface area (Å²) in [5, 5.41) is 10.1. The smallest absolute Gasteiger partial charge is 0.404 e. The number of aliphatic hydroxyl groups is 1. The van der Waals surface area contributed by atoms with Crippen molar-refractivity contribution >= 4 is 36.5 Å². The van der Waals surface area contributed by atoms with Crippen molar-refractivity contribution in [3.63, 3.8) is 0 Å². The fraction of sp³-hybridized carbons (Fsp3) is 0.353. The third-order valence-corrected chi connectivity index (χ3v) is 6.20. The van der Waals surface area contributed by atoms with E-state index in [4.69, 9.17) is 26.4 Å². The maximum atomic E-state index is 12.3. The molecule has 12 heteroatoms. The summed E-state index contributed by atoms with van der Waals surface area (Å²) in [5.74, 6) is -0.0340. The van der Waals surface area contributed by atoms with Crippen molar-refractivity contribution in [1.82, 2.24) is 19.5 Å². The number of halogens is 1. The largest absolute Gasteiger partial charge is 0.527 e. The second-order valence-electron chi connectivity index (χ2n) is 6.81. The molecule has 4 atom stereocenters. The molecule has 0 aliphatic heterocycles. The van der Waals surface area contributed by atoms with E-state index in [1.807, 2.05) is 4.57 Å². The molecule has 0 amide bonds. The molecule has 0 bridgehead atoms. The van der Waals surface area contributed by atoms with Gasteiger partial charge in [-0.1, -0.05) is 11.6 Å². The van der Waals surface area contributed by atoms with Gasteiger partial charge in [0.05, 0.1) is 19.1 Å². The van der Waals surface area contributed by atoms with Gasteiger partial charge in [-0.05, 0) is 36.6 Å². The fourth-order valence-corrected chi connectivity index (χ4v) is 4.40. The Balaban J connectivity index is 1.47. The Morgan fingerprint density at radius 3 is 2.79 bits per heavy atom. The number of anilines is 1. The van der Waals surface area contributed by atoms with Gasteiger partial charge in [-0.25, -0.2) is 14.5 Å². The first-order valence-electron chi connectivity index (χ1n) is 8.84. The van der Waals surface area contributed by atoms with Crippen LogP contribution in [0.2, 0.25) is 5.02 Å². The van der Waals surface area contributed by atoms with Gasteiger partial charge in [-0.15, -0.1) is 0 Å². The molecule has 1 aromatic carbocycles. The Kier molecular flexibility index (Phi) is 5.46. The number of fused-ring (bicyclic) bond motifs is 1. The number of hydrogen-bond acceptors (Lipinski definition) is 8.